The molecule has 0 aliphatic carbocycles. The van der Waals surface area contributed by atoms with Gasteiger partial charge in [-0.1, -0.05) is 37.3 Å². The Morgan fingerprint density at radius 2 is 2.00 bits per heavy atom. The summed E-state index contributed by atoms with van der Waals surface area (Å²) < 4.78 is 25.8. The third-order valence-electron chi connectivity index (χ3n) is 1.21. The van der Waals surface area contributed by atoms with Crippen LogP contribution < -0.4 is 0 Å². The lowest BCUT2D eigenvalue weighted by atomic mass is 10.2. The zero-order valence-corrected chi connectivity index (χ0v) is 8.26. The molecule has 0 heterocycles. The quantitative estimate of drug-likeness (QED) is 0.659. The first-order valence-electron chi connectivity index (χ1n) is 2.93. The summed E-state index contributed by atoms with van der Waals surface area (Å²) in [7, 11) is 1.50. The first-order chi connectivity index (χ1) is 5.00. The van der Waals surface area contributed by atoms with Gasteiger partial charge in [-0.05, 0) is 12.1 Å². The summed E-state index contributed by atoms with van der Waals surface area (Å²) >= 11 is 3.11. The maximum atomic E-state index is 12.6. The van der Waals surface area contributed by atoms with E-state index in [4.69, 9.17) is 0 Å². The van der Waals surface area contributed by atoms with Crippen LogP contribution in [-0.4, -0.2) is 0 Å². The van der Waals surface area contributed by atoms with Crippen LogP contribution in [-0.2, 0) is 5.66 Å². The highest BCUT2D eigenvalue weighted by molar-refractivity contribution is 9.10. The van der Waals surface area contributed by atoms with Gasteiger partial charge < -0.3 is 0 Å². The molecule has 0 N–H and O–H groups in total. The van der Waals surface area contributed by atoms with E-state index < -0.39 is 5.66 Å². The molecule has 0 saturated carbocycles. The molecule has 0 aromatic heterocycles. The first kappa shape index (κ1) is 9.08. The fraction of sp³-hybridized carbons (Fsp3) is 0.143. The molecule has 11 heavy (non-hydrogen) atoms. The molecule has 0 fully saturated rings. The fourth-order valence-electron chi connectivity index (χ4n) is 0.696. The highest BCUT2D eigenvalue weighted by atomic mass is 79.9. The average Bonchev–Trinajstić information content (AvgIpc) is 1.86. The van der Waals surface area contributed by atoms with E-state index in [1.807, 2.05) is 0 Å². The minimum atomic E-state index is -2.83. The standard InChI is InChI=1S/C7H6BrF2P/c8-6-3-1-2-5(4-6)7(9,10)11/h1-4H,11H2. The number of alkyl halides is 2. The van der Waals surface area contributed by atoms with Gasteiger partial charge in [0, 0.05) is 10.0 Å². The van der Waals surface area contributed by atoms with Gasteiger partial charge in [0.05, 0.1) is 0 Å². The van der Waals surface area contributed by atoms with Crippen LogP contribution in [0.2, 0.25) is 0 Å². The SMILES string of the molecule is FC(F)(P)c1cccc(Br)c1. The third kappa shape index (κ3) is 2.49. The Labute approximate surface area is 74.3 Å². The summed E-state index contributed by atoms with van der Waals surface area (Å²) in [6, 6.07) is 6.07. The molecule has 0 bridgehead atoms. The summed E-state index contributed by atoms with van der Waals surface area (Å²) in [5, 5.41) is 0. The van der Waals surface area contributed by atoms with Crippen LogP contribution >= 0.6 is 25.2 Å². The molecule has 1 rings (SSSR count). The zero-order valence-electron chi connectivity index (χ0n) is 5.52. The van der Waals surface area contributed by atoms with Crippen LogP contribution in [0.5, 0.6) is 0 Å². The summed E-state index contributed by atoms with van der Waals surface area (Å²) in [5.74, 6) is 0. The Kier molecular flexibility index (Phi) is 2.61. The topological polar surface area (TPSA) is 0 Å². The summed E-state index contributed by atoms with van der Waals surface area (Å²) in [4.78, 5) is 0. The monoisotopic (exact) mass is 238 g/mol. The van der Waals surface area contributed by atoms with Crippen molar-refractivity contribution in [2.75, 3.05) is 0 Å². The smallest absolute Gasteiger partial charge is 0.197 e. The number of halogens is 3. The summed E-state index contributed by atoms with van der Waals surface area (Å²) in [6.07, 6.45) is 0. The molecule has 1 aromatic rings. The van der Waals surface area contributed by atoms with Crippen LogP contribution in [0.4, 0.5) is 8.78 Å². The van der Waals surface area contributed by atoms with Crippen molar-refractivity contribution >= 4 is 25.2 Å². The highest BCUT2D eigenvalue weighted by Gasteiger charge is 2.23. The summed E-state index contributed by atoms with van der Waals surface area (Å²) in [6.45, 7) is 0. The van der Waals surface area contributed by atoms with Crippen molar-refractivity contribution in [3.05, 3.63) is 34.3 Å². The normalized spacial score (nSPS) is 11.6. The lowest BCUT2D eigenvalue weighted by Gasteiger charge is -2.09. The summed E-state index contributed by atoms with van der Waals surface area (Å²) in [5.41, 5.74) is -2.83. The highest BCUT2D eigenvalue weighted by Crippen LogP contribution is 2.35. The van der Waals surface area contributed by atoms with Gasteiger partial charge in [-0.15, -0.1) is 0 Å². The number of benzene rings is 1. The van der Waals surface area contributed by atoms with E-state index >= 15 is 0 Å². The lowest BCUT2D eigenvalue weighted by molar-refractivity contribution is 0.104. The zero-order chi connectivity index (χ0) is 8.48. The van der Waals surface area contributed by atoms with E-state index in [-0.39, 0.29) is 5.56 Å². The molecule has 60 valence electrons. The minimum Gasteiger partial charge on any atom is -0.197 e. The van der Waals surface area contributed by atoms with E-state index in [1.165, 1.54) is 21.4 Å². The van der Waals surface area contributed by atoms with Crippen LogP contribution in [0.25, 0.3) is 0 Å². The van der Waals surface area contributed by atoms with Crippen molar-refractivity contribution < 1.29 is 8.78 Å². The first-order valence-corrected chi connectivity index (χ1v) is 4.30. The van der Waals surface area contributed by atoms with Gasteiger partial charge in [-0.2, -0.15) is 8.78 Å². The lowest BCUT2D eigenvalue weighted by Crippen LogP contribution is -2.01. The number of rotatable bonds is 1. The van der Waals surface area contributed by atoms with E-state index in [0.717, 1.165) is 0 Å². The van der Waals surface area contributed by atoms with E-state index in [2.05, 4.69) is 15.9 Å². The molecule has 0 aliphatic rings. The fourth-order valence-corrected chi connectivity index (χ4v) is 1.27. The van der Waals surface area contributed by atoms with Crippen molar-refractivity contribution in [2.45, 2.75) is 5.66 Å². The van der Waals surface area contributed by atoms with Crippen molar-refractivity contribution in [2.24, 2.45) is 0 Å². The maximum Gasteiger partial charge on any atom is 0.283 e. The molecule has 0 nitrogen and oxygen atoms in total. The predicted octanol–water partition coefficient (Wildman–Crippen LogP) is 3.37. The number of hydrogen-bond acceptors (Lipinski definition) is 0. The van der Waals surface area contributed by atoms with Gasteiger partial charge in [-0.25, -0.2) is 0 Å². The van der Waals surface area contributed by atoms with Gasteiger partial charge in [-0.3, -0.25) is 0 Å². The van der Waals surface area contributed by atoms with Crippen LogP contribution in [0, 0.1) is 0 Å². The second kappa shape index (κ2) is 3.16. The molecule has 1 atom stereocenters. The Hall–Kier alpha value is -0.0100. The molecule has 0 aliphatic heterocycles. The van der Waals surface area contributed by atoms with E-state index in [1.54, 1.807) is 12.1 Å². The van der Waals surface area contributed by atoms with Crippen LogP contribution in [0.1, 0.15) is 5.56 Å². The van der Waals surface area contributed by atoms with Crippen molar-refractivity contribution in [3.63, 3.8) is 0 Å². The number of hydrogen-bond donors (Lipinski definition) is 0. The maximum absolute atomic E-state index is 12.6. The molecule has 4 heteroatoms. The van der Waals surface area contributed by atoms with Gasteiger partial charge >= 0.3 is 0 Å². The van der Waals surface area contributed by atoms with Crippen molar-refractivity contribution in [3.8, 4) is 0 Å². The Bertz CT molecular complexity index is 257. The Morgan fingerprint density at radius 3 is 2.36 bits per heavy atom. The molecule has 0 spiro atoms. The van der Waals surface area contributed by atoms with E-state index in [0.29, 0.717) is 4.47 Å². The van der Waals surface area contributed by atoms with E-state index in [9.17, 15) is 8.78 Å². The molecule has 0 amide bonds. The molecule has 0 radical (unpaired) electrons. The van der Waals surface area contributed by atoms with Gasteiger partial charge in [0.15, 0.2) is 0 Å². The minimum absolute atomic E-state index is 0.00289. The molecule has 0 saturated heterocycles. The van der Waals surface area contributed by atoms with Gasteiger partial charge in [0.1, 0.15) is 0 Å². The molecule has 1 aromatic carbocycles. The van der Waals surface area contributed by atoms with Crippen molar-refractivity contribution in [1.29, 1.82) is 0 Å². The molecular formula is C7H6BrF2P. The van der Waals surface area contributed by atoms with Gasteiger partial charge in [0.25, 0.3) is 5.66 Å². The Balaban J connectivity index is 3.06. The Morgan fingerprint density at radius 1 is 1.36 bits per heavy atom. The molecular weight excluding hydrogens is 233 g/mol. The largest absolute Gasteiger partial charge is 0.283 e. The second-order valence-electron chi connectivity index (χ2n) is 2.13. The average molecular weight is 239 g/mol. The third-order valence-corrected chi connectivity index (χ3v) is 2.04. The van der Waals surface area contributed by atoms with Gasteiger partial charge in [0.2, 0.25) is 0 Å². The predicted molar refractivity (Wildman–Crippen MR) is 47.7 cm³/mol. The van der Waals surface area contributed by atoms with Crippen molar-refractivity contribution in [1.82, 2.24) is 0 Å². The molecule has 1 unspecified atom stereocenters. The second-order valence-corrected chi connectivity index (χ2v) is 3.77. The van der Waals surface area contributed by atoms with Crippen LogP contribution in [0.3, 0.4) is 0 Å². The van der Waals surface area contributed by atoms with Crippen LogP contribution in [0.15, 0.2) is 28.7 Å².